The fourth-order valence-electron chi connectivity index (χ4n) is 3.95. The van der Waals surface area contributed by atoms with Crippen molar-refractivity contribution in [3.8, 4) is 5.75 Å². The van der Waals surface area contributed by atoms with Gasteiger partial charge >= 0.3 is 5.97 Å². The second kappa shape index (κ2) is 5.34. The van der Waals surface area contributed by atoms with Crippen molar-refractivity contribution in [2.75, 3.05) is 0 Å². The minimum absolute atomic E-state index is 0.0242. The number of carboxylic acids is 1. The van der Waals surface area contributed by atoms with Gasteiger partial charge in [-0.1, -0.05) is 0 Å². The van der Waals surface area contributed by atoms with E-state index in [1.54, 1.807) is 16.8 Å². The fraction of sp³-hybridized carbons (Fsp3) is 0.389. The van der Waals surface area contributed by atoms with Gasteiger partial charge in [0.2, 0.25) is 5.91 Å². The first kappa shape index (κ1) is 15.7. The van der Waals surface area contributed by atoms with Crippen LogP contribution in [-0.2, 0) is 16.1 Å². The minimum atomic E-state index is -0.972. The molecule has 4 rings (SSSR count). The third kappa shape index (κ3) is 2.47. The molecule has 1 aliphatic heterocycles. The standard InChI is InChI=1S/C18H18N2O5/c1-9(21)13-7-19(15-6-11(22)2-3-12(13)15)8-17(23)20-14-4-10(14)5-16(20)18(24)25/h2-3,6-7,10,14,16,22H,4-5,8H2,1H3,(H,24,25)/t10-,14-,16+/m1/s1. The van der Waals surface area contributed by atoms with E-state index in [-0.39, 0.29) is 30.0 Å². The van der Waals surface area contributed by atoms with E-state index in [4.69, 9.17) is 0 Å². The molecule has 2 heterocycles. The lowest BCUT2D eigenvalue weighted by atomic mass is 10.1. The number of amides is 1. The van der Waals surface area contributed by atoms with Crippen molar-refractivity contribution < 1.29 is 24.6 Å². The van der Waals surface area contributed by atoms with E-state index in [2.05, 4.69) is 0 Å². The summed E-state index contributed by atoms with van der Waals surface area (Å²) >= 11 is 0. The highest BCUT2D eigenvalue weighted by Crippen LogP contribution is 2.48. The second-order valence-electron chi connectivity index (χ2n) is 6.88. The Hall–Kier alpha value is -2.83. The van der Waals surface area contributed by atoms with E-state index in [0.717, 1.165) is 6.42 Å². The van der Waals surface area contributed by atoms with Crippen LogP contribution in [0.15, 0.2) is 24.4 Å². The molecule has 2 fully saturated rings. The van der Waals surface area contributed by atoms with Crippen LogP contribution in [0.5, 0.6) is 5.75 Å². The Morgan fingerprint density at radius 3 is 2.68 bits per heavy atom. The predicted octanol–water partition coefficient (Wildman–Crippen LogP) is 1.62. The number of nitrogens with zero attached hydrogens (tertiary/aromatic N) is 2. The third-order valence-corrected chi connectivity index (χ3v) is 5.23. The Morgan fingerprint density at radius 1 is 1.24 bits per heavy atom. The van der Waals surface area contributed by atoms with Crippen LogP contribution in [0.4, 0.5) is 0 Å². The number of aromatic nitrogens is 1. The van der Waals surface area contributed by atoms with E-state index in [1.807, 2.05) is 0 Å². The zero-order valence-corrected chi connectivity index (χ0v) is 13.7. The minimum Gasteiger partial charge on any atom is -0.508 e. The molecule has 1 aromatic carbocycles. The second-order valence-corrected chi connectivity index (χ2v) is 6.88. The maximum Gasteiger partial charge on any atom is 0.326 e. The molecule has 3 atom stereocenters. The smallest absolute Gasteiger partial charge is 0.326 e. The molecule has 7 nitrogen and oxygen atoms in total. The van der Waals surface area contributed by atoms with E-state index < -0.39 is 12.0 Å². The highest BCUT2D eigenvalue weighted by molar-refractivity contribution is 6.07. The SMILES string of the molecule is CC(=O)c1cn(CC(=O)N2[C@@H]3C[C@@H]3C[C@H]2C(=O)O)c2cc(O)ccc12. The molecule has 0 radical (unpaired) electrons. The van der Waals surface area contributed by atoms with E-state index in [9.17, 15) is 24.6 Å². The monoisotopic (exact) mass is 342 g/mol. The van der Waals surface area contributed by atoms with E-state index in [0.29, 0.717) is 28.8 Å². The average Bonchev–Trinajstić information content (AvgIpc) is 3.06. The number of phenolic OH excluding ortho intramolecular Hbond substituents is 1. The Balaban J connectivity index is 1.68. The van der Waals surface area contributed by atoms with Crippen molar-refractivity contribution in [3.63, 3.8) is 0 Å². The summed E-state index contributed by atoms with van der Waals surface area (Å²) in [7, 11) is 0. The van der Waals surface area contributed by atoms with Gasteiger partial charge in [-0.05, 0) is 37.8 Å². The number of aliphatic carboxylic acids is 1. The number of fused-ring (bicyclic) bond motifs is 2. The lowest BCUT2D eigenvalue weighted by Gasteiger charge is -2.24. The number of benzene rings is 1. The van der Waals surface area contributed by atoms with Crippen molar-refractivity contribution in [2.24, 2.45) is 5.92 Å². The third-order valence-electron chi connectivity index (χ3n) is 5.23. The Bertz CT molecular complexity index is 916. The maximum absolute atomic E-state index is 12.8. The number of rotatable bonds is 4. The van der Waals surface area contributed by atoms with E-state index >= 15 is 0 Å². The molecule has 1 aromatic heterocycles. The number of phenols is 1. The fourth-order valence-corrected chi connectivity index (χ4v) is 3.95. The van der Waals surface area contributed by atoms with Gasteiger partial charge < -0.3 is 19.7 Å². The van der Waals surface area contributed by atoms with Crippen molar-refractivity contribution >= 4 is 28.6 Å². The van der Waals surface area contributed by atoms with Crippen molar-refractivity contribution in [2.45, 2.75) is 38.4 Å². The maximum atomic E-state index is 12.8. The van der Waals surface area contributed by atoms with Crippen LogP contribution >= 0.6 is 0 Å². The summed E-state index contributed by atoms with van der Waals surface area (Å²) in [6, 6.07) is 3.91. The zero-order chi connectivity index (χ0) is 17.9. The number of carbonyl (C=O) groups is 3. The number of carbonyl (C=O) groups excluding carboxylic acids is 2. The molecule has 1 saturated carbocycles. The van der Waals surface area contributed by atoms with E-state index in [1.165, 1.54) is 24.0 Å². The molecule has 1 amide bonds. The number of hydrogen-bond donors (Lipinski definition) is 2. The Kier molecular flexibility index (Phi) is 3.35. The molecule has 2 N–H and O–H groups in total. The van der Waals surface area contributed by atoms with Gasteiger partial charge in [-0.25, -0.2) is 4.79 Å². The molecule has 1 aliphatic carbocycles. The van der Waals surface area contributed by atoms with Gasteiger partial charge in [0.1, 0.15) is 18.3 Å². The normalized spacial score (nSPS) is 24.4. The number of likely N-dealkylation sites (tertiary alicyclic amines) is 1. The Morgan fingerprint density at radius 2 is 2.00 bits per heavy atom. The largest absolute Gasteiger partial charge is 0.508 e. The van der Waals surface area contributed by atoms with Gasteiger partial charge in [0, 0.05) is 29.3 Å². The highest BCUT2D eigenvalue weighted by atomic mass is 16.4. The van der Waals surface area contributed by atoms with Gasteiger partial charge in [-0.3, -0.25) is 9.59 Å². The zero-order valence-electron chi connectivity index (χ0n) is 13.7. The van der Waals surface area contributed by atoms with Crippen LogP contribution in [0.1, 0.15) is 30.1 Å². The summed E-state index contributed by atoms with van der Waals surface area (Å²) in [5, 5.41) is 19.7. The number of aromatic hydroxyl groups is 1. The quantitative estimate of drug-likeness (QED) is 0.823. The molecular weight excluding hydrogens is 324 g/mol. The van der Waals surface area contributed by atoms with Crippen LogP contribution in [0.25, 0.3) is 10.9 Å². The topological polar surface area (TPSA) is 99.8 Å². The number of piperidine rings is 1. The van der Waals surface area contributed by atoms with Crippen LogP contribution in [0, 0.1) is 5.92 Å². The summed E-state index contributed by atoms with van der Waals surface area (Å²) in [6.07, 6.45) is 2.97. The molecule has 7 heteroatoms. The van der Waals surface area contributed by atoms with Gasteiger partial charge in [0.25, 0.3) is 0 Å². The number of hydrogen-bond acceptors (Lipinski definition) is 4. The number of carboxylic acid groups (broad SMARTS) is 1. The lowest BCUT2D eigenvalue weighted by Crippen LogP contribution is -2.44. The van der Waals surface area contributed by atoms with Crippen LogP contribution in [0.3, 0.4) is 0 Å². The number of ketones is 1. The van der Waals surface area contributed by atoms with Crippen molar-refractivity contribution in [1.82, 2.24) is 9.47 Å². The van der Waals surface area contributed by atoms with Gasteiger partial charge in [-0.15, -0.1) is 0 Å². The van der Waals surface area contributed by atoms with Crippen LogP contribution in [0.2, 0.25) is 0 Å². The molecular formula is C18H18N2O5. The van der Waals surface area contributed by atoms with Crippen LogP contribution in [-0.4, -0.2) is 49.4 Å². The highest BCUT2D eigenvalue weighted by Gasteiger charge is 2.56. The van der Waals surface area contributed by atoms with Crippen LogP contribution < -0.4 is 0 Å². The predicted molar refractivity (Wildman–Crippen MR) is 88.4 cm³/mol. The molecule has 130 valence electrons. The summed E-state index contributed by atoms with van der Waals surface area (Å²) in [5.74, 6) is -1.04. The summed E-state index contributed by atoms with van der Waals surface area (Å²) in [5.41, 5.74) is 1.06. The summed E-state index contributed by atoms with van der Waals surface area (Å²) in [4.78, 5) is 37.5. The first-order valence-electron chi connectivity index (χ1n) is 8.23. The molecule has 1 saturated heterocycles. The molecule has 0 unspecified atom stereocenters. The van der Waals surface area contributed by atoms with Crippen molar-refractivity contribution in [1.29, 1.82) is 0 Å². The summed E-state index contributed by atoms with van der Waals surface area (Å²) < 4.78 is 1.61. The average molecular weight is 342 g/mol. The number of Topliss-reactive ketones (excluding diaryl/α,β-unsaturated/α-hetero) is 1. The molecule has 2 aromatic rings. The lowest BCUT2D eigenvalue weighted by molar-refractivity contribution is -0.149. The Labute approximate surface area is 143 Å². The molecule has 0 bridgehead atoms. The first-order chi connectivity index (χ1) is 11.9. The molecule has 25 heavy (non-hydrogen) atoms. The van der Waals surface area contributed by atoms with Gasteiger partial charge in [-0.2, -0.15) is 0 Å². The van der Waals surface area contributed by atoms with Gasteiger partial charge in [0.05, 0.1) is 5.52 Å². The van der Waals surface area contributed by atoms with Gasteiger partial charge in [0.15, 0.2) is 5.78 Å². The summed E-state index contributed by atoms with van der Waals surface area (Å²) in [6.45, 7) is 1.39. The molecule has 2 aliphatic rings. The molecule has 0 spiro atoms. The van der Waals surface area contributed by atoms with Crippen molar-refractivity contribution in [3.05, 3.63) is 30.0 Å². The first-order valence-corrected chi connectivity index (χ1v) is 8.23.